The molecule has 5 nitrogen and oxygen atoms in total. The minimum atomic E-state index is 0.813. The largest absolute Gasteiger partial charge is 0.357 e. The van der Waals surface area contributed by atoms with Crippen LogP contribution in [0.25, 0.3) is 0 Å². The highest BCUT2D eigenvalue weighted by Gasteiger charge is 2.00. The fourth-order valence-corrected chi connectivity index (χ4v) is 2.96. The predicted molar refractivity (Wildman–Crippen MR) is 105 cm³/mol. The average molecular weight is 342 g/mol. The van der Waals surface area contributed by atoms with E-state index in [1.54, 1.807) is 0 Å². The quantitative estimate of drug-likeness (QED) is 0.441. The van der Waals surface area contributed by atoms with Crippen LogP contribution in [0.3, 0.4) is 0 Å². The lowest BCUT2D eigenvalue weighted by atomic mass is 10.1. The molecule has 0 radical (unpaired) electrons. The lowest BCUT2D eigenvalue weighted by molar-refractivity contribution is 0.763. The summed E-state index contributed by atoms with van der Waals surface area (Å²) in [5.74, 6) is 0.901. The zero-order valence-electron chi connectivity index (χ0n) is 16.0. The van der Waals surface area contributed by atoms with Crippen molar-refractivity contribution >= 4 is 5.96 Å². The summed E-state index contributed by atoms with van der Waals surface area (Å²) >= 11 is 0. The zero-order valence-corrected chi connectivity index (χ0v) is 16.0. The summed E-state index contributed by atoms with van der Waals surface area (Å²) in [6.45, 7) is 8.97. The molecule has 0 saturated heterocycles. The molecule has 0 amide bonds. The molecule has 0 aliphatic heterocycles. The Morgan fingerprint density at radius 2 is 1.84 bits per heavy atom. The van der Waals surface area contributed by atoms with Gasteiger partial charge in [0.15, 0.2) is 5.96 Å². The minimum Gasteiger partial charge on any atom is -0.357 e. The van der Waals surface area contributed by atoms with Crippen molar-refractivity contribution in [1.29, 1.82) is 0 Å². The van der Waals surface area contributed by atoms with Crippen LogP contribution >= 0.6 is 0 Å². The van der Waals surface area contributed by atoms with Crippen molar-refractivity contribution in [3.63, 3.8) is 0 Å². The average Bonchev–Trinajstić information content (AvgIpc) is 2.96. The number of nitrogens with zero attached hydrogens (tertiary/aromatic N) is 3. The third-order valence-electron chi connectivity index (χ3n) is 3.98. The van der Waals surface area contributed by atoms with Crippen LogP contribution in [0.15, 0.2) is 35.6 Å². The van der Waals surface area contributed by atoms with Crippen LogP contribution in [-0.4, -0.2) is 35.4 Å². The van der Waals surface area contributed by atoms with Gasteiger partial charge in [-0.15, -0.1) is 0 Å². The van der Waals surface area contributed by atoms with Gasteiger partial charge in [-0.3, -0.25) is 9.67 Å². The second-order valence-electron chi connectivity index (χ2n) is 6.56. The molecule has 25 heavy (non-hydrogen) atoms. The molecule has 0 spiro atoms. The first kappa shape index (κ1) is 19.0. The molecule has 0 aliphatic rings. The molecule has 0 atom stereocenters. The number of aryl methyl sites for hydroxylation is 4. The smallest absolute Gasteiger partial charge is 0.191 e. The van der Waals surface area contributed by atoms with Gasteiger partial charge in [0.25, 0.3) is 0 Å². The standard InChI is InChI=1S/C20H31N5/c1-5-21-20(22-9-6-7-19-14-24-25(4)15-19)23-10-8-18-12-16(2)11-17(3)13-18/h11-15H,5-10H2,1-4H3,(H2,21,22,23). The number of hydrogen-bond acceptors (Lipinski definition) is 2. The number of aromatic nitrogens is 2. The maximum atomic E-state index is 4.67. The Morgan fingerprint density at radius 1 is 1.08 bits per heavy atom. The molecule has 2 N–H and O–H groups in total. The maximum absolute atomic E-state index is 4.67. The molecular weight excluding hydrogens is 310 g/mol. The first-order valence-corrected chi connectivity index (χ1v) is 9.13. The number of benzene rings is 1. The van der Waals surface area contributed by atoms with Crippen LogP contribution in [0.2, 0.25) is 0 Å². The SMILES string of the molecule is CCNC(=NCCCc1cnn(C)c1)NCCc1cc(C)cc(C)c1. The van der Waals surface area contributed by atoms with Gasteiger partial charge in [-0.25, -0.2) is 0 Å². The van der Waals surface area contributed by atoms with E-state index in [1.165, 1.54) is 22.3 Å². The van der Waals surface area contributed by atoms with E-state index in [1.807, 2.05) is 17.9 Å². The number of aliphatic imine (C=N–C) groups is 1. The second kappa shape index (κ2) is 9.87. The van der Waals surface area contributed by atoms with Gasteiger partial charge in [0.05, 0.1) is 6.20 Å². The molecule has 2 rings (SSSR count). The Hall–Kier alpha value is -2.30. The summed E-state index contributed by atoms with van der Waals surface area (Å²) in [5, 5.41) is 10.9. The lowest BCUT2D eigenvalue weighted by Gasteiger charge is -2.12. The third-order valence-corrected chi connectivity index (χ3v) is 3.98. The first-order valence-electron chi connectivity index (χ1n) is 9.13. The minimum absolute atomic E-state index is 0.813. The van der Waals surface area contributed by atoms with Gasteiger partial charge >= 0.3 is 0 Å². The zero-order chi connectivity index (χ0) is 18.1. The van der Waals surface area contributed by atoms with Gasteiger partial charge in [0.1, 0.15) is 0 Å². The summed E-state index contributed by atoms with van der Waals surface area (Å²) in [7, 11) is 1.95. The Bertz CT molecular complexity index is 667. The van der Waals surface area contributed by atoms with E-state index in [0.717, 1.165) is 44.9 Å². The van der Waals surface area contributed by atoms with Crippen LogP contribution in [0.5, 0.6) is 0 Å². The highest BCUT2D eigenvalue weighted by Crippen LogP contribution is 2.09. The highest BCUT2D eigenvalue weighted by atomic mass is 15.2. The van der Waals surface area contributed by atoms with Crippen LogP contribution in [-0.2, 0) is 19.9 Å². The molecule has 1 heterocycles. The Labute approximate surface area is 151 Å². The normalized spacial score (nSPS) is 11.6. The molecular formula is C20H31N5. The summed E-state index contributed by atoms with van der Waals surface area (Å²) in [6.07, 6.45) is 7.04. The lowest BCUT2D eigenvalue weighted by Crippen LogP contribution is -2.38. The molecule has 0 fully saturated rings. The van der Waals surface area contributed by atoms with Gasteiger partial charge in [0.2, 0.25) is 0 Å². The number of rotatable bonds is 8. The Kier molecular flexibility index (Phi) is 7.51. The van der Waals surface area contributed by atoms with E-state index >= 15 is 0 Å². The molecule has 0 bridgehead atoms. The summed E-state index contributed by atoms with van der Waals surface area (Å²) in [4.78, 5) is 4.67. The topological polar surface area (TPSA) is 54.2 Å². The van der Waals surface area contributed by atoms with Gasteiger partial charge in [0, 0.05) is 32.9 Å². The molecule has 5 heteroatoms. The first-order chi connectivity index (χ1) is 12.1. The van der Waals surface area contributed by atoms with Crippen molar-refractivity contribution in [2.45, 2.75) is 40.0 Å². The van der Waals surface area contributed by atoms with E-state index < -0.39 is 0 Å². The van der Waals surface area contributed by atoms with Crippen molar-refractivity contribution in [3.8, 4) is 0 Å². The Morgan fingerprint density at radius 3 is 2.48 bits per heavy atom. The van der Waals surface area contributed by atoms with Crippen molar-refractivity contribution in [2.75, 3.05) is 19.6 Å². The van der Waals surface area contributed by atoms with Crippen LogP contribution in [0, 0.1) is 13.8 Å². The van der Waals surface area contributed by atoms with Gasteiger partial charge in [-0.05, 0) is 51.2 Å². The van der Waals surface area contributed by atoms with E-state index in [9.17, 15) is 0 Å². The van der Waals surface area contributed by atoms with Crippen LogP contribution < -0.4 is 10.6 Å². The predicted octanol–water partition coefficient (Wildman–Crippen LogP) is 2.77. The molecule has 0 aliphatic carbocycles. The van der Waals surface area contributed by atoms with Gasteiger partial charge in [-0.2, -0.15) is 5.10 Å². The van der Waals surface area contributed by atoms with E-state index in [0.29, 0.717) is 0 Å². The molecule has 0 unspecified atom stereocenters. The summed E-state index contributed by atoms with van der Waals surface area (Å²) in [6, 6.07) is 6.73. The maximum Gasteiger partial charge on any atom is 0.191 e. The fraction of sp³-hybridized carbons (Fsp3) is 0.500. The van der Waals surface area contributed by atoms with E-state index in [-0.39, 0.29) is 0 Å². The number of guanidine groups is 1. The molecule has 0 saturated carbocycles. The molecule has 136 valence electrons. The van der Waals surface area contributed by atoms with Gasteiger partial charge < -0.3 is 10.6 Å². The summed E-state index contributed by atoms with van der Waals surface area (Å²) in [5.41, 5.74) is 5.29. The monoisotopic (exact) mass is 341 g/mol. The fourth-order valence-electron chi connectivity index (χ4n) is 2.96. The van der Waals surface area contributed by atoms with Gasteiger partial charge in [-0.1, -0.05) is 29.3 Å². The number of nitrogens with one attached hydrogen (secondary N) is 2. The van der Waals surface area contributed by atoms with Crippen molar-refractivity contribution in [2.24, 2.45) is 12.0 Å². The van der Waals surface area contributed by atoms with Crippen molar-refractivity contribution in [1.82, 2.24) is 20.4 Å². The molecule has 1 aromatic heterocycles. The summed E-state index contributed by atoms with van der Waals surface area (Å²) < 4.78 is 1.84. The van der Waals surface area contributed by atoms with E-state index in [2.05, 4.69) is 65.9 Å². The second-order valence-corrected chi connectivity index (χ2v) is 6.56. The van der Waals surface area contributed by atoms with Crippen molar-refractivity contribution < 1.29 is 0 Å². The van der Waals surface area contributed by atoms with Crippen LogP contribution in [0.4, 0.5) is 0 Å². The van der Waals surface area contributed by atoms with Crippen LogP contribution in [0.1, 0.15) is 35.6 Å². The molecule has 1 aromatic carbocycles. The third kappa shape index (κ3) is 6.99. The number of hydrogen-bond donors (Lipinski definition) is 2. The van der Waals surface area contributed by atoms with E-state index in [4.69, 9.17) is 0 Å². The highest BCUT2D eigenvalue weighted by molar-refractivity contribution is 5.79. The molecule has 2 aromatic rings. The van der Waals surface area contributed by atoms with Crippen molar-refractivity contribution in [3.05, 3.63) is 52.8 Å². The Balaban J connectivity index is 1.76.